The number of benzene rings is 2. The molecule has 2 N–H and O–H groups in total. The van der Waals surface area contributed by atoms with Crippen molar-refractivity contribution in [1.29, 1.82) is 0 Å². The molecular formula is C21H26N2O4. The second-order valence-corrected chi connectivity index (χ2v) is 6.14. The molecule has 2 aromatic carbocycles. The maximum atomic E-state index is 12.4. The Hall–Kier alpha value is -2.86. The third kappa shape index (κ3) is 6.42. The van der Waals surface area contributed by atoms with Crippen molar-refractivity contribution in [2.75, 3.05) is 25.6 Å². The van der Waals surface area contributed by atoms with Gasteiger partial charge in [-0.1, -0.05) is 6.92 Å². The molecule has 0 aliphatic carbocycles. The highest BCUT2D eigenvalue weighted by Crippen LogP contribution is 2.16. The van der Waals surface area contributed by atoms with E-state index in [0.717, 1.165) is 12.2 Å². The lowest BCUT2D eigenvalue weighted by Gasteiger charge is -2.12. The van der Waals surface area contributed by atoms with Gasteiger partial charge < -0.3 is 20.1 Å². The van der Waals surface area contributed by atoms with E-state index in [4.69, 9.17) is 9.47 Å². The van der Waals surface area contributed by atoms with Gasteiger partial charge in [0.2, 0.25) is 0 Å². The minimum Gasteiger partial charge on any atom is -0.491 e. The lowest BCUT2D eigenvalue weighted by molar-refractivity contribution is 0.0936. The summed E-state index contributed by atoms with van der Waals surface area (Å²) in [6.45, 7) is 4.97. The summed E-state index contributed by atoms with van der Waals surface area (Å²) in [4.78, 5) is 24.3. The maximum Gasteiger partial charge on any atom is 0.255 e. The van der Waals surface area contributed by atoms with Crippen LogP contribution in [0.5, 0.6) is 5.75 Å². The molecule has 1 unspecified atom stereocenters. The van der Waals surface area contributed by atoms with E-state index >= 15 is 0 Å². The van der Waals surface area contributed by atoms with E-state index in [1.807, 2.05) is 6.92 Å². The van der Waals surface area contributed by atoms with Crippen molar-refractivity contribution in [1.82, 2.24) is 5.32 Å². The maximum absolute atomic E-state index is 12.4. The van der Waals surface area contributed by atoms with Crippen molar-refractivity contribution in [3.63, 3.8) is 0 Å². The highest BCUT2D eigenvalue weighted by atomic mass is 16.5. The minimum absolute atomic E-state index is 0.134. The molecule has 6 nitrogen and oxygen atoms in total. The van der Waals surface area contributed by atoms with Crippen LogP contribution in [-0.4, -0.2) is 38.2 Å². The Labute approximate surface area is 159 Å². The highest BCUT2D eigenvalue weighted by molar-refractivity contribution is 6.04. The van der Waals surface area contributed by atoms with Gasteiger partial charge in [-0.05, 0) is 61.9 Å². The number of nitrogens with one attached hydrogen (secondary N) is 2. The second-order valence-electron chi connectivity index (χ2n) is 6.14. The van der Waals surface area contributed by atoms with Crippen LogP contribution in [0.3, 0.4) is 0 Å². The van der Waals surface area contributed by atoms with E-state index in [2.05, 4.69) is 17.6 Å². The Morgan fingerprint density at radius 3 is 2.15 bits per heavy atom. The van der Waals surface area contributed by atoms with Crippen LogP contribution in [0.25, 0.3) is 0 Å². The van der Waals surface area contributed by atoms with Gasteiger partial charge in [0.1, 0.15) is 5.75 Å². The van der Waals surface area contributed by atoms with Gasteiger partial charge in [0.25, 0.3) is 11.8 Å². The summed E-state index contributed by atoms with van der Waals surface area (Å²) in [5.41, 5.74) is 1.68. The molecule has 1 atom stereocenters. The number of anilines is 1. The number of hydrogen-bond donors (Lipinski definition) is 2. The largest absolute Gasteiger partial charge is 0.491 e. The van der Waals surface area contributed by atoms with Crippen LogP contribution in [-0.2, 0) is 4.74 Å². The summed E-state index contributed by atoms with van der Waals surface area (Å²) in [5, 5.41) is 5.56. The molecule has 0 aliphatic rings. The van der Waals surface area contributed by atoms with Crippen molar-refractivity contribution in [2.45, 2.75) is 26.4 Å². The molecule has 0 aromatic heterocycles. The van der Waals surface area contributed by atoms with Gasteiger partial charge in [0.05, 0.1) is 12.7 Å². The number of carbonyl (C=O) groups is 2. The molecule has 0 spiro atoms. The van der Waals surface area contributed by atoms with E-state index in [-0.39, 0.29) is 17.9 Å². The first-order valence-corrected chi connectivity index (χ1v) is 8.98. The van der Waals surface area contributed by atoms with Crippen molar-refractivity contribution >= 4 is 17.5 Å². The monoisotopic (exact) mass is 370 g/mol. The van der Waals surface area contributed by atoms with Gasteiger partial charge >= 0.3 is 0 Å². The molecule has 6 heteroatoms. The Morgan fingerprint density at radius 2 is 1.56 bits per heavy atom. The van der Waals surface area contributed by atoms with Crippen LogP contribution < -0.4 is 15.4 Å². The molecule has 0 aliphatic heterocycles. The molecule has 0 fully saturated rings. The van der Waals surface area contributed by atoms with E-state index < -0.39 is 0 Å². The average Bonchev–Trinajstić information content (AvgIpc) is 2.69. The normalized spacial score (nSPS) is 11.5. The molecule has 144 valence electrons. The first kappa shape index (κ1) is 20.5. The van der Waals surface area contributed by atoms with E-state index in [0.29, 0.717) is 30.0 Å². The number of hydrogen-bond acceptors (Lipinski definition) is 4. The van der Waals surface area contributed by atoms with Crippen molar-refractivity contribution in [3.05, 3.63) is 59.7 Å². The second kappa shape index (κ2) is 10.3. The molecular weight excluding hydrogens is 344 g/mol. The molecule has 2 aromatic rings. The zero-order valence-corrected chi connectivity index (χ0v) is 16.0. The van der Waals surface area contributed by atoms with Crippen LogP contribution in [0.4, 0.5) is 5.69 Å². The summed E-state index contributed by atoms with van der Waals surface area (Å²) < 4.78 is 10.6. The molecule has 0 saturated heterocycles. The Balaban J connectivity index is 1.92. The lowest BCUT2D eigenvalue weighted by Crippen LogP contribution is -2.26. The summed E-state index contributed by atoms with van der Waals surface area (Å²) in [7, 11) is 1.58. The minimum atomic E-state index is -0.220. The van der Waals surface area contributed by atoms with Gasteiger partial charge in [0, 0.05) is 30.5 Å². The third-order valence-corrected chi connectivity index (χ3v) is 4.03. The predicted octanol–water partition coefficient (Wildman–Crippen LogP) is 3.49. The smallest absolute Gasteiger partial charge is 0.255 e. The van der Waals surface area contributed by atoms with Crippen LogP contribution in [0, 0.1) is 0 Å². The van der Waals surface area contributed by atoms with Crippen molar-refractivity contribution in [2.24, 2.45) is 0 Å². The standard InChI is InChI=1S/C21H26N2O4/c1-4-15(2)27-19-11-7-17(8-12-19)21(25)23-18-9-5-16(6-10-18)20(24)22-13-14-26-3/h5-12,15H,4,13-14H2,1-3H3,(H,22,24)(H,23,25). The number of carbonyl (C=O) groups excluding carboxylic acids is 2. The lowest BCUT2D eigenvalue weighted by atomic mass is 10.1. The van der Waals surface area contributed by atoms with E-state index in [1.165, 1.54) is 0 Å². The molecule has 0 saturated carbocycles. The molecule has 27 heavy (non-hydrogen) atoms. The zero-order chi connectivity index (χ0) is 19.6. The van der Waals surface area contributed by atoms with Crippen molar-refractivity contribution < 1.29 is 19.1 Å². The zero-order valence-electron chi connectivity index (χ0n) is 16.0. The number of ether oxygens (including phenoxy) is 2. The van der Waals surface area contributed by atoms with Gasteiger partial charge in [-0.2, -0.15) is 0 Å². The van der Waals surface area contributed by atoms with Crippen LogP contribution >= 0.6 is 0 Å². The van der Waals surface area contributed by atoms with Crippen LogP contribution in [0.15, 0.2) is 48.5 Å². The first-order chi connectivity index (χ1) is 13.0. The van der Waals surface area contributed by atoms with Gasteiger partial charge in [-0.15, -0.1) is 0 Å². The topological polar surface area (TPSA) is 76.7 Å². The van der Waals surface area contributed by atoms with Gasteiger partial charge in [-0.25, -0.2) is 0 Å². The molecule has 0 heterocycles. The Morgan fingerprint density at radius 1 is 0.963 bits per heavy atom. The Kier molecular flexibility index (Phi) is 7.82. The summed E-state index contributed by atoms with van der Waals surface area (Å²) in [6.07, 6.45) is 1.05. The van der Waals surface area contributed by atoms with Crippen LogP contribution in [0.1, 0.15) is 41.0 Å². The van der Waals surface area contributed by atoms with Gasteiger partial charge in [-0.3, -0.25) is 9.59 Å². The molecule has 0 radical (unpaired) electrons. The quantitative estimate of drug-likeness (QED) is 0.663. The summed E-state index contributed by atoms with van der Waals surface area (Å²) in [5.74, 6) is 0.342. The Bertz CT molecular complexity index is 742. The van der Waals surface area contributed by atoms with E-state index in [9.17, 15) is 9.59 Å². The number of amides is 2. The molecule has 2 rings (SSSR count). The first-order valence-electron chi connectivity index (χ1n) is 8.98. The number of rotatable bonds is 9. The fraction of sp³-hybridized carbons (Fsp3) is 0.333. The molecule has 2 amide bonds. The predicted molar refractivity (Wildman–Crippen MR) is 105 cm³/mol. The van der Waals surface area contributed by atoms with Gasteiger partial charge in [0.15, 0.2) is 0 Å². The fourth-order valence-corrected chi connectivity index (χ4v) is 2.28. The average molecular weight is 370 g/mol. The summed E-state index contributed by atoms with van der Waals surface area (Å²) >= 11 is 0. The van der Waals surface area contributed by atoms with E-state index in [1.54, 1.807) is 55.6 Å². The highest BCUT2D eigenvalue weighted by Gasteiger charge is 2.09. The van der Waals surface area contributed by atoms with Crippen LogP contribution in [0.2, 0.25) is 0 Å². The summed E-state index contributed by atoms with van der Waals surface area (Å²) in [6, 6.07) is 13.8. The third-order valence-electron chi connectivity index (χ3n) is 4.03. The molecule has 0 bridgehead atoms. The SMILES string of the molecule is CCC(C)Oc1ccc(C(=O)Nc2ccc(C(=O)NCCOC)cc2)cc1. The number of methoxy groups -OCH3 is 1. The fourth-order valence-electron chi connectivity index (χ4n) is 2.28. The van der Waals surface area contributed by atoms with Crippen molar-refractivity contribution in [3.8, 4) is 5.75 Å².